The summed E-state index contributed by atoms with van der Waals surface area (Å²) in [6, 6.07) is 15.2. The Morgan fingerprint density at radius 1 is 1.14 bits per heavy atom. The number of amides is 1. The molecular formula is C26H27N5O3S. The number of rotatable bonds is 9. The van der Waals surface area contributed by atoms with Crippen molar-refractivity contribution in [1.29, 1.82) is 0 Å². The van der Waals surface area contributed by atoms with E-state index in [1.807, 2.05) is 46.9 Å². The van der Waals surface area contributed by atoms with Gasteiger partial charge >= 0.3 is 0 Å². The molecule has 1 N–H and O–H groups in total. The lowest BCUT2D eigenvalue weighted by molar-refractivity contribution is -0.118. The molecule has 0 unspecified atom stereocenters. The number of nitrogens with one attached hydrogen (secondary N) is 1. The zero-order valence-corrected chi connectivity index (χ0v) is 20.2. The second-order valence-corrected chi connectivity index (χ2v) is 9.48. The van der Waals surface area contributed by atoms with Gasteiger partial charge in [-0.3, -0.25) is 18.6 Å². The molecular weight excluding hydrogens is 462 g/mol. The normalized spacial score (nSPS) is 13.9. The van der Waals surface area contributed by atoms with Crippen molar-refractivity contribution in [2.45, 2.75) is 50.0 Å². The van der Waals surface area contributed by atoms with Crippen molar-refractivity contribution in [2.75, 3.05) is 5.75 Å². The van der Waals surface area contributed by atoms with Gasteiger partial charge in [-0.1, -0.05) is 48.2 Å². The van der Waals surface area contributed by atoms with Crippen molar-refractivity contribution in [1.82, 2.24) is 24.5 Å². The summed E-state index contributed by atoms with van der Waals surface area (Å²) in [5, 5.41) is 12.6. The molecule has 1 saturated carbocycles. The summed E-state index contributed by atoms with van der Waals surface area (Å²) in [6.45, 7) is 4.46. The largest absolute Gasteiger partial charge is 0.490 e. The summed E-state index contributed by atoms with van der Waals surface area (Å²) in [7, 11) is 0. The highest BCUT2D eigenvalue weighted by Gasteiger charge is 2.19. The summed E-state index contributed by atoms with van der Waals surface area (Å²) in [5.41, 5.74) is 1.53. The van der Waals surface area contributed by atoms with Crippen LogP contribution in [-0.2, 0) is 17.9 Å². The molecule has 0 spiro atoms. The fraction of sp³-hybridized carbons (Fsp3) is 0.308. The third-order valence-corrected chi connectivity index (χ3v) is 7.10. The highest BCUT2D eigenvalue weighted by molar-refractivity contribution is 7.99. The lowest BCUT2D eigenvalue weighted by Crippen LogP contribution is -2.25. The molecule has 2 aromatic carbocycles. The molecule has 2 heterocycles. The molecule has 1 aliphatic carbocycles. The fourth-order valence-electron chi connectivity index (χ4n) is 4.45. The first-order valence-corrected chi connectivity index (χ1v) is 12.8. The molecule has 1 amide bonds. The number of nitrogens with zero attached hydrogens (tertiary/aromatic N) is 4. The molecule has 1 fully saturated rings. The molecule has 9 heteroatoms. The molecule has 1 aliphatic rings. The Bertz CT molecular complexity index is 1440. The molecule has 0 atom stereocenters. The Hall–Kier alpha value is -3.59. The minimum atomic E-state index is -0.145. The van der Waals surface area contributed by atoms with Gasteiger partial charge in [0, 0.05) is 18.7 Å². The number of hydrogen-bond acceptors (Lipinski definition) is 6. The Labute approximate surface area is 207 Å². The summed E-state index contributed by atoms with van der Waals surface area (Å²) in [5.74, 6) is 1.31. The van der Waals surface area contributed by atoms with Crippen molar-refractivity contribution < 1.29 is 9.53 Å². The molecule has 0 bridgehead atoms. The van der Waals surface area contributed by atoms with Crippen molar-refractivity contribution in [3.8, 4) is 5.75 Å². The van der Waals surface area contributed by atoms with Crippen LogP contribution in [0.3, 0.4) is 0 Å². The second kappa shape index (κ2) is 10.4. The topological polar surface area (TPSA) is 90.5 Å². The SMILES string of the molecule is C=CCn1c(=O)c2ccccc2n2c(SCC(=O)NCc3ccccc3OC3CCCC3)nnc12. The number of hydrogen-bond donors (Lipinski definition) is 1. The van der Waals surface area contributed by atoms with Crippen LogP contribution in [0.4, 0.5) is 0 Å². The van der Waals surface area contributed by atoms with Gasteiger partial charge < -0.3 is 10.1 Å². The van der Waals surface area contributed by atoms with E-state index in [0.29, 0.717) is 34.9 Å². The second-order valence-electron chi connectivity index (χ2n) is 8.54. The third-order valence-electron chi connectivity index (χ3n) is 6.17. The van der Waals surface area contributed by atoms with E-state index in [0.717, 1.165) is 24.2 Å². The number of thioether (sulfide) groups is 1. The molecule has 0 radical (unpaired) electrons. The quantitative estimate of drug-likeness (QED) is 0.283. The van der Waals surface area contributed by atoms with E-state index in [4.69, 9.17) is 4.74 Å². The third kappa shape index (κ3) is 4.81. The van der Waals surface area contributed by atoms with Gasteiger partial charge in [0.05, 0.1) is 22.8 Å². The number of carbonyl (C=O) groups excluding carboxylic acids is 1. The first-order valence-electron chi connectivity index (χ1n) is 11.8. The van der Waals surface area contributed by atoms with Crippen molar-refractivity contribution in [3.63, 3.8) is 0 Å². The van der Waals surface area contributed by atoms with Crippen molar-refractivity contribution >= 4 is 34.3 Å². The zero-order valence-electron chi connectivity index (χ0n) is 19.4. The van der Waals surface area contributed by atoms with Crippen LogP contribution in [0.25, 0.3) is 16.7 Å². The molecule has 180 valence electrons. The maximum atomic E-state index is 12.9. The van der Waals surface area contributed by atoms with Crippen molar-refractivity contribution in [3.05, 3.63) is 77.1 Å². The van der Waals surface area contributed by atoms with Crippen LogP contribution in [0.1, 0.15) is 31.2 Å². The minimum absolute atomic E-state index is 0.119. The van der Waals surface area contributed by atoms with Gasteiger partial charge in [0.1, 0.15) is 5.75 Å². The summed E-state index contributed by atoms with van der Waals surface area (Å²) in [4.78, 5) is 25.6. The highest BCUT2D eigenvalue weighted by Crippen LogP contribution is 2.27. The van der Waals surface area contributed by atoms with E-state index >= 15 is 0 Å². The number of allylic oxidation sites excluding steroid dienone is 1. The molecule has 5 rings (SSSR count). The number of carbonyl (C=O) groups is 1. The molecule has 4 aromatic rings. The van der Waals surface area contributed by atoms with Gasteiger partial charge in [0.2, 0.25) is 11.7 Å². The number of benzene rings is 2. The van der Waals surface area contributed by atoms with Crippen LogP contribution in [0.15, 0.2) is 71.1 Å². The number of fused-ring (bicyclic) bond motifs is 3. The van der Waals surface area contributed by atoms with E-state index in [1.54, 1.807) is 12.1 Å². The monoisotopic (exact) mass is 489 g/mol. The van der Waals surface area contributed by atoms with E-state index < -0.39 is 0 Å². The lowest BCUT2D eigenvalue weighted by atomic mass is 10.2. The first kappa shape index (κ1) is 23.2. The van der Waals surface area contributed by atoms with E-state index in [2.05, 4.69) is 22.1 Å². The van der Waals surface area contributed by atoms with Crippen LogP contribution < -0.4 is 15.6 Å². The number of aromatic nitrogens is 4. The standard InChI is InChI=1S/C26H27N5O3S/c1-2-15-30-24(33)20-12-6-7-13-21(20)31-25(30)28-29-26(31)35-17-23(32)27-16-18-9-3-8-14-22(18)34-19-10-4-5-11-19/h2-3,6-9,12-14,19H,1,4-5,10-11,15-17H2,(H,27,32). The highest BCUT2D eigenvalue weighted by atomic mass is 32.2. The van der Waals surface area contributed by atoms with Crippen LogP contribution in [0.2, 0.25) is 0 Å². The van der Waals surface area contributed by atoms with Crippen LogP contribution in [0, 0.1) is 0 Å². The van der Waals surface area contributed by atoms with Crippen molar-refractivity contribution in [2.24, 2.45) is 0 Å². The van der Waals surface area contributed by atoms with Gasteiger partial charge in [0.25, 0.3) is 5.56 Å². The molecule has 8 nitrogen and oxygen atoms in total. The average Bonchev–Trinajstić information content (AvgIpc) is 3.55. The van der Waals surface area contributed by atoms with Gasteiger partial charge in [-0.2, -0.15) is 0 Å². The van der Waals surface area contributed by atoms with E-state index in [-0.39, 0.29) is 23.3 Å². The van der Waals surface area contributed by atoms with Crippen LogP contribution >= 0.6 is 11.8 Å². The van der Waals surface area contributed by atoms with E-state index in [9.17, 15) is 9.59 Å². The predicted octanol–water partition coefficient (Wildman–Crippen LogP) is 3.96. The molecule has 35 heavy (non-hydrogen) atoms. The van der Waals surface area contributed by atoms with E-state index in [1.165, 1.54) is 29.2 Å². The van der Waals surface area contributed by atoms with Gasteiger partial charge in [0.15, 0.2) is 5.16 Å². The zero-order chi connectivity index (χ0) is 24.2. The number of ether oxygens (including phenoxy) is 1. The fourth-order valence-corrected chi connectivity index (χ4v) is 5.22. The summed E-state index contributed by atoms with van der Waals surface area (Å²) >= 11 is 1.28. The van der Waals surface area contributed by atoms with Crippen LogP contribution in [-0.4, -0.2) is 36.9 Å². The lowest BCUT2D eigenvalue weighted by Gasteiger charge is -2.16. The Morgan fingerprint density at radius 2 is 1.91 bits per heavy atom. The van der Waals surface area contributed by atoms with Crippen LogP contribution in [0.5, 0.6) is 5.75 Å². The maximum absolute atomic E-state index is 12.9. The predicted molar refractivity (Wildman–Crippen MR) is 137 cm³/mol. The first-order chi connectivity index (χ1) is 17.2. The Balaban J connectivity index is 1.30. The Kier molecular flexibility index (Phi) is 6.85. The minimum Gasteiger partial charge on any atom is -0.490 e. The molecule has 0 saturated heterocycles. The average molecular weight is 490 g/mol. The van der Waals surface area contributed by atoms with Gasteiger partial charge in [-0.05, 0) is 43.9 Å². The summed E-state index contributed by atoms with van der Waals surface area (Å²) in [6.07, 6.45) is 6.49. The molecule has 0 aliphatic heterocycles. The maximum Gasteiger partial charge on any atom is 0.263 e. The number of para-hydroxylation sites is 2. The van der Waals surface area contributed by atoms with Gasteiger partial charge in [-0.25, -0.2) is 0 Å². The molecule has 2 aromatic heterocycles. The smallest absolute Gasteiger partial charge is 0.263 e. The van der Waals surface area contributed by atoms with Gasteiger partial charge in [-0.15, -0.1) is 16.8 Å². The summed E-state index contributed by atoms with van der Waals surface area (Å²) < 4.78 is 9.53. The Morgan fingerprint density at radius 3 is 2.74 bits per heavy atom.